The summed E-state index contributed by atoms with van der Waals surface area (Å²) < 4.78 is 15.9. The summed E-state index contributed by atoms with van der Waals surface area (Å²) in [6.45, 7) is 8.23. The molecule has 0 aromatic heterocycles. The number of fused-ring (bicyclic) bond motifs is 1. The van der Waals surface area contributed by atoms with Crippen molar-refractivity contribution in [3.8, 4) is 0 Å². The number of anilines is 1. The molecule has 0 radical (unpaired) electrons. The van der Waals surface area contributed by atoms with E-state index in [0.717, 1.165) is 5.56 Å². The van der Waals surface area contributed by atoms with Crippen LogP contribution in [0.1, 0.15) is 45.7 Å². The topological polar surface area (TPSA) is 111 Å². The van der Waals surface area contributed by atoms with Gasteiger partial charge in [-0.15, -0.1) is 0 Å². The second kappa shape index (κ2) is 10.8. The Morgan fingerprint density at radius 3 is 2.03 bits per heavy atom. The first-order valence-corrected chi connectivity index (χ1v) is 11.8. The van der Waals surface area contributed by atoms with Gasteiger partial charge >= 0.3 is 18.0 Å². The molecule has 0 saturated carbocycles. The second-order valence-electron chi connectivity index (χ2n) is 9.27. The Kier molecular flexibility index (Phi) is 8.02. The molecule has 1 aliphatic rings. The Hall–Kier alpha value is -3.88. The van der Waals surface area contributed by atoms with Gasteiger partial charge in [-0.3, -0.25) is 14.4 Å². The van der Waals surface area contributed by atoms with E-state index in [1.807, 2.05) is 30.3 Å². The van der Waals surface area contributed by atoms with Crippen molar-refractivity contribution in [3.63, 3.8) is 0 Å². The summed E-state index contributed by atoms with van der Waals surface area (Å²) in [7, 11) is 0. The van der Waals surface area contributed by atoms with Crippen LogP contribution in [0.3, 0.4) is 0 Å². The van der Waals surface area contributed by atoms with Crippen molar-refractivity contribution in [2.75, 3.05) is 18.1 Å². The highest BCUT2D eigenvalue weighted by atomic mass is 16.6. The largest absolute Gasteiger partial charge is 0.465 e. The number of alkyl carbamates (subject to hydrolysis) is 1. The van der Waals surface area contributed by atoms with Crippen molar-refractivity contribution in [1.29, 1.82) is 0 Å². The standard InChI is InChI=1S/C27H32N2O7/c1-6-34-22(30)21(23(31)35-7-2)27(28-25(33)36-26(3,4)5)19-15-11-12-16-20(19)29(24(27)32)17-18-13-9-8-10-14-18/h8-16,21H,6-7,17H2,1-5H3,(H,28,33)/t27-/m0/s1. The molecule has 0 fully saturated rings. The molecule has 0 unspecified atom stereocenters. The van der Waals surface area contributed by atoms with E-state index in [-0.39, 0.29) is 25.3 Å². The minimum absolute atomic E-state index is 0.0409. The first-order chi connectivity index (χ1) is 17.0. The fraction of sp³-hybridized carbons (Fsp3) is 0.407. The van der Waals surface area contributed by atoms with Crippen LogP contribution in [0.4, 0.5) is 10.5 Å². The van der Waals surface area contributed by atoms with Crippen LogP contribution in [-0.4, -0.2) is 42.8 Å². The molecule has 1 N–H and O–H groups in total. The molecule has 192 valence electrons. The van der Waals surface area contributed by atoms with Gasteiger partial charge in [-0.2, -0.15) is 0 Å². The minimum Gasteiger partial charge on any atom is -0.465 e. The van der Waals surface area contributed by atoms with E-state index in [0.29, 0.717) is 5.69 Å². The lowest BCUT2D eigenvalue weighted by molar-refractivity contribution is -0.168. The minimum atomic E-state index is -2.15. The molecule has 0 spiro atoms. The van der Waals surface area contributed by atoms with Gasteiger partial charge in [-0.05, 0) is 46.2 Å². The number of benzene rings is 2. The van der Waals surface area contributed by atoms with Crippen molar-refractivity contribution >= 4 is 29.6 Å². The van der Waals surface area contributed by atoms with Crippen molar-refractivity contribution in [1.82, 2.24) is 5.32 Å². The van der Waals surface area contributed by atoms with Crippen LogP contribution < -0.4 is 10.2 Å². The predicted molar refractivity (Wildman–Crippen MR) is 132 cm³/mol. The van der Waals surface area contributed by atoms with Gasteiger partial charge in [-0.1, -0.05) is 48.5 Å². The summed E-state index contributed by atoms with van der Waals surface area (Å²) in [5.41, 5.74) is -1.52. The van der Waals surface area contributed by atoms with E-state index in [1.54, 1.807) is 58.9 Å². The summed E-state index contributed by atoms with van der Waals surface area (Å²) in [5.74, 6) is -4.46. The molecule has 2 aromatic rings. The third-order valence-electron chi connectivity index (χ3n) is 5.56. The molecule has 1 heterocycles. The molecule has 0 aliphatic carbocycles. The number of nitrogens with zero attached hydrogens (tertiary/aromatic N) is 1. The highest BCUT2D eigenvalue weighted by molar-refractivity contribution is 6.15. The van der Waals surface area contributed by atoms with Crippen LogP contribution in [0.15, 0.2) is 54.6 Å². The van der Waals surface area contributed by atoms with E-state index in [9.17, 15) is 19.2 Å². The van der Waals surface area contributed by atoms with E-state index >= 15 is 0 Å². The monoisotopic (exact) mass is 496 g/mol. The molecular formula is C27H32N2O7. The van der Waals surface area contributed by atoms with Gasteiger partial charge in [0.25, 0.3) is 5.91 Å². The quantitative estimate of drug-likeness (QED) is 0.337. The van der Waals surface area contributed by atoms with Crippen molar-refractivity contribution in [2.24, 2.45) is 5.92 Å². The number of hydrogen-bond acceptors (Lipinski definition) is 7. The van der Waals surface area contributed by atoms with Gasteiger partial charge in [0, 0.05) is 5.56 Å². The molecule has 9 nitrogen and oxygen atoms in total. The third kappa shape index (κ3) is 5.35. The number of amides is 2. The molecule has 2 amide bonds. The maximum absolute atomic E-state index is 14.3. The molecule has 1 atom stereocenters. The van der Waals surface area contributed by atoms with E-state index in [4.69, 9.17) is 14.2 Å². The molecule has 2 aromatic carbocycles. The van der Waals surface area contributed by atoms with Crippen LogP contribution in [0.5, 0.6) is 0 Å². The number of esters is 2. The van der Waals surface area contributed by atoms with Crippen molar-refractivity contribution < 1.29 is 33.4 Å². The van der Waals surface area contributed by atoms with Crippen molar-refractivity contribution in [2.45, 2.75) is 52.3 Å². The summed E-state index contributed by atoms with van der Waals surface area (Å²) >= 11 is 0. The maximum Gasteiger partial charge on any atom is 0.408 e. The summed E-state index contributed by atoms with van der Waals surface area (Å²) in [6.07, 6.45) is -0.967. The maximum atomic E-state index is 14.3. The first-order valence-electron chi connectivity index (χ1n) is 11.8. The van der Waals surface area contributed by atoms with Gasteiger partial charge in [0.05, 0.1) is 25.4 Å². The number of carbonyl (C=O) groups excluding carboxylic acids is 4. The molecule has 3 rings (SSSR count). The fourth-order valence-corrected chi connectivity index (χ4v) is 4.24. The molecule has 36 heavy (non-hydrogen) atoms. The SMILES string of the molecule is CCOC(=O)C(C(=O)OCC)[C@]1(NC(=O)OC(C)(C)C)C(=O)N(Cc2ccccc2)c2ccccc21. The van der Waals surface area contributed by atoms with E-state index < -0.39 is 41.0 Å². The average molecular weight is 497 g/mol. The Balaban J connectivity index is 2.23. The van der Waals surface area contributed by atoms with Crippen LogP contribution in [-0.2, 0) is 40.7 Å². The zero-order valence-corrected chi connectivity index (χ0v) is 21.2. The smallest absolute Gasteiger partial charge is 0.408 e. The molecular weight excluding hydrogens is 464 g/mol. The van der Waals surface area contributed by atoms with Crippen LogP contribution in [0, 0.1) is 5.92 Å². The Bertz CT molecular complexity index is 1110. The Morgan fingerprint density at radius 1 is 0.917 bits per heavy atom. The number of para-hydroxylation sites is 1. The summed E-state index contributed by atoms with van der Waals surface area (Å²) in [5, 5.41) is 2.60. The third-order valence-corrected chi connectivity index (χ3v) is 5.56. The van der Waals surface area contributed by atoms with Gasteiger partial charge in [0.2, 0.25) is 0 Å². The van der Waals surface area contributed by atoms with Gasteiger partial charge < -0.3 is 24.4 Å². The van der Waals surface area contributed by atoms with E-state index in [2.05, 4.69) is 5.32 Å². The van der Waals surface area contributed by atoms with Gasteiger partial charge in [0.15, 0.2) is 11.5 Å². The lowest BCUT2D eigenvalue weighted by atomic mass is 9.78. The lowest BCUT2D eigenvalue weighted by Crippen LogP contribution is -2.62. The van der Waals surface area contributed by atoms with Gasteiger partial charge in [0.1, 0.15) is 5.60 Å². The number of ether oxygens (including phenoxy) is 3. The van der Waals surface area contributed by atoms with Crippen molar-refractivity contribution in [3.05, 3.63) is 65.7 Å². The number of rotatable bonds is 8. The fourth-order valence-electron chi connectivity index (χ4n) is 4.24. The average Bonchev–Trinajstić information content (AvgIpc) is 3.02. The first kappa shape index (κ1) is 26.7. The number of hydrogen-bond donors (Lipinski definition) is 1. The zero-order chi connectivity index (χ0) is 26.5. The number of nitrogens with one attached hydrogen (secondary N) is 1. The normalized spacial score (nSPS) is 16.9. The molecule has 1 aliphatic heterocycles. The number of carbonyl (C=O) groups is 4. The highest BCUT2D eigenvalue weighted by Gasteiger charge is 2.63. The van der Waals surface area contributed by atoms with Gasteiger partial charge in [-0.25, -0.2) is 4.79 Å². The summed E-state index contributed by atoms with van der Waals surface area (Å²) in [6, 6.07) is 15.9. The molecule has 0 bridgehead atoms. The van der Waals surface area contributed by atoms with Crippen LogP contribution >= 0.6 is 0 Å². The molecule has 0 saturated heterocycles. The van der Waals surface area contributed by atoms with E-state index in [1.165, 1.54) is 4.90 Å². The van der Waals surface area contributed by atoms with Crippen LogP contribution in [0.25, 0.3) is 0 Å². The molecule has 9 heteroatoms. The van der Waals surface area contributed by atoms with Crippen LogP contribution in [0.2, 0.25) is 0 Å². The Labute approximate surface area is 210 Å². The lowest BCUT2D eigenvalue weighted by Gasteiger charge is -2.35. The summed E-state index contributed by atoms with van der Waals surface area (Å²) in [4.78, 5) is 55.3. The highest BCUT2D eigenvalue weighted by Crippen LogP contribution is 2.46. The Morgan fingerprint density at radius 2 is 1.47 bits per heavy atom. The predicted octanol–water partition coefficient (Wildman–Crippen LogP) is 3.70. The zero-order valence-electron chi connectivity index (χ0n) is 21.2. The second-order valence-corrected chi connectivity index (χ2v) is 9.27.